The SMILES string of the molecule is CC.CC.CCOC(=O)C(F)C(C)=O.CF.CF.CF.Clc1ncccn1.Clc1ncccn1.Clc1ncccn1.Clc1ncccn1.ICI.NC(N)=O.O=c1nccc[nH]1. The second-order valence-corrected chi connectivity index (χ2v) is 13.2. The Morgan fingerprint density at radius 3 is 0.952 bits per heavy atom. The van der Waals surface area contributed by atoms with Crippen LogP contribution < -0.4 is 17.2 Å². The summed E-state index contributed by atoms with van der Waals surface area (Å²) in [5.41, 5.74) is 8.20. The van der Waals surface area contributed by atoms with Crippen molar-refractivity contribution in [1.82, 2.24) is 49.8 Å². The van der Waals surface area contributed by atoms with Crippen molar-refractivity contribution in [3.8, 4) is 0 Å². The number of primary amides is 2. The van der Waals surface area contributed by atoms with Crippen molar-refractivity contribution in [2.45, 2.75) is 47.7 Å². The molecular formula is C35H52Cl4F4I2N12O5. The first-order chi connectivity index (χ1) is 29.7. The molecule has 0 radical (unpaired) electrons. The molecule has 0 saturated heterocycles. The number of hydrogen-bond acceptors (Lipinski definition) is 14. The summed E-state index contributed by atoms with van der Waals surface area (Å²) in [6.07, 6.45) is 13.6. The highest BCUT2D eigenvalue weighted by molar-refractivity contribution is 14.2. The van der Waals surface area contributed by atoms with E-state index in [1.54, 1.807) is 86.8 Å². The number of ether oxygens (including phenoxy) is 1. The molecule has 5 N–H and O–H groups in total. The zero-order chi connectivity index (χ0) is 50.0. The molecule has 5 aromatic heterocycles. The van der Waals surface area contributed by atoms with E-state index in [4.69, 9.17) is 51.2 Å². The van der Waals surface area contributed by atoms with Crippen LogP contribution in [0.5, 0.6) is 0 Å². The number of carbonyl (C=O) groups excluding carboxylic acids is 3. The fourth-order valence-electron chi connectivity index (χ4n) is 1.82. The van der Waals surface area contributed by atoms with Crippen LogP contribution in [0.2, 0.25) is 21.1 Å². The number of nitrogens with zero attached hydrogens (tertiary/aromatic N) is 9. The lowest BCUT2D eigenvalue weighted by Gasteiger charge is -2.01. The maximum absolute atomic E-state index is 12.3. The van der Waals surface area contributed by atoms with Crippen LogP contribution in [0.3, 0.4) is 0 Å². The summed E-state index contributed by atoms with van der Waals surface area (Å²) in [5.74, 6) is -1.92. The Balaban J connectivity index is -0.0000000881. The minimum absolute atomic E-state index is 0.0898. The number of hydrogen-bond donors (Lipinski definition) is 3. The highest BCUT2D eigenvalue weighted by atomic mass is 127. The quantitative estimate of drug-likeness (QED) is 0.0380. The number of esters is 1. The second-order valence-electron chi connectivity index (χ2n) is 7.39. The average molecular weight is 1190 g/mol. The molecular weight excluding hydrogens is 1140 g/mol. The predicted octanol–water partition coefficient (Wildman–Crippen LogP) is 9.41. The molecule has 62 heavy (non-hydrogen) atoms. The van der Waals surface area contributed by atoms with Crippen LogP contribution in [0.4, 0.5) is 22.4 Å². The Bertz CT molecular complexity index is 1480. The molecule has 5 aromatic rings. The molecule has 1 atom stereocenters. The number of carbonyl (C=O) groups is 3. The van der Waals surface area contributed by atoms with Gasteiger partial charge in [0.15, 0.2) is 5.78 Å². The monoisotopic (exact) mass is 1190 g/mol. The Morgan fingerprint density at radius 1 is 0.613 bits per heavy atom. The normalized spacial score (nSPS) is 8.05. The average Bonchev–Trinajstić information content (AvgIpc) is 3.29. The molecule has 27 heteroatoms. The number of nitrogens with one attached hydrogen (secondary N) is 1. The lowest BCUT2D eigenvalue weighted by molar-refractivity contribution is -0.152. The standard InChI is InChI=1S/C6H9FO3.4C4H3ClN2.C4H4N2O.2C2H6.3CH3F.CH2I2.CH4N2O/c1-3-10-6(9)5(7)4(2)8;4*5-4-6-2-1-3-7-4;7-4-5-2-1-3-6-4;5*1-2;2-1-3;2-1(3)4/h5H,3H2,1-2H3;4*1-3H;1-3H,(H,5,6,7);2*1-2H3;3*1H3;1H2;(H4,2,3,4). The van der Waals surface area contributed by atoms with Gasteiger partial charge in [-0.2, -0.15) is 0 Å². The van der Waals surface area contributed by atoms with Gasteiger partial charge in [-0.1, -0.05) is 72.9 Å². The molecule has 0 saturated carbocycles. The van der Waals surface area contributed by atoms with Gasteiger partial charge in [0.25, 0.3) is 6.17 Å². The van der Waals surface area contributed by atoms with Crippen LogP contribution in [0.15, 0.2) is 97.1 Å². The van der Waals surface area contributed by atoms with E-state index in [1.807, 2.05) is 27.7 Å². The Kier molecular flexibility index (Phi) is 83.4. The van der Waals surface area contributed by atoms with Gasteiger partial charge in [0.1, 0.15) is 0 Å². The first-order valence-corrected chi connectivity index (χ1v) is 21.1. The zero-order valence-electron chi connectivity index (χ0n) is 35.2. The van der Waals surface area contributed by atoms with E-state index in [1.165, 1.54) is 14.8 Å². The molecule has 1 unspecified atom stereocenters. The zero-order valence-corrected chi connectivity index (χ0v) is 42.5. The van der Waals surface area contributed by atoms with Crippen LogP contribution in [0.25, 0.3) is 0 Å². The summed E-state index contributed by atoms with van der Waals surface area (Å²) < 4.78 is 46.2. The third-order valence-electron chi connectivity index (χ3n) is 3.57. The maximum atomic E-state index is 12.3. The molecule has 0 aromatic carbocycles. The van der Waals surface area contributed by atoms with Crippen molar-refractivity contribution in [3.05, 3.63) is 124 Å². The van der Waals surface area contributed by atoms with Crippen molar-refractivity contribution in [3.63, 3.8) is 0 Å². The van der Waals surface area contributed by atoms with E-state index < -0.39 is 24.0 Å². The number of urea groups is 1. The topological polar surface area (TPSA) is 261 Å². The molecule has 2 amide bonds. The number of nitrogens with two attached hydrogens (primary N) is 2. The lowest BCUT2D eigenvalue weighted by atomic mass is 10.3. The van der Waals surface area contributed by atoms with E-state index in [0.29, 0.717) is 42.7 Å². The van der Waals surface area contributed by atoms with Gasteiger partial charge in [0, 0.05) is 62.0 Å². The van der Waals surface area contributed by atoms with Gasteiger partial charge in [-0.15, -0.1) is 0 Å². The summed E-state index contributed by atoms with van der Waals surface area (Å²) in [5, 5.41) is 1.18. The van der Waals surface area contributed by atoms with Gasteiger partial charge in [0.05, 0.1) is 30.6 Å². The minimum Gasteiger partial charge on any atom is -0.463 e. The molecule has 0 bridgehead atoms. The molecule has 5 heterocycles. The number of H-pyrrole nitrogens is 1. The van der Waals surface area contributed by atoms with Gasteiger partial charge in [-0.05, 0) is 90.6 Å². The number of halogens is 10. The van der Waals surface area contributed by atoms with E-state index >= 15 is 0 Å². The van der Waals surface area contributed by atoms with Gasteiger partial charge in [-0.3, -0.25) is 18.0 Å². The molecule has 352 valence electrons. The van der Waals surface area contributed by atoms with Gasteiger partial charge in [0.2, 0.25) is 21.1 Å². The van der Waals surface area contributed by atoms with Crippen LogP contribution in [0.1, 0.15) is 41.5 Å². The van der Waals surface area contributed by atoms with Crippen molar-refractivity contribution >= 4 is 109 Å². The van der Waals surface area contributed by atoms with Crippen LogP contribution in [-0.4, -0.2) is 104 Å². The van der Waals surface area contributed by atoms with E-state index in [-0.39, 0.29) is 12.3 Å². The third kappa shape index (κ3) is 76.6. The molecule has 0 spiro atoms. The number of aromatic nitrogens is 10. The molecule has 0 fully saturated rings. The Morgan fingerprint density at radius 2 is 0.839 bits per heavy atom. The van der Waals surface area contributed by atoms with Crippen molar-refractivity contribution in [2.24, 2.45) is 11.5 Å². The van der Waals surface area contributed by atoms with Gasteiger partial charge < -0.3 is 21.2 Å². The number of amides is 2. The Labute approximate surface area is 406 Å². The highest BCUT2D eigenvalue weighted by Crippen LogP contribution is 1.96. The first-order valence-electron chi connectivity index (χ1n) is 16.5. The van der Waals surface area contributed by atoms with E-state index in [2.05, 4.69) is 111 Å². The summed E-state index contributed by atoms with van der Waals surface area (Å²) in [6.45, 7) is 10.6. The van der Waals surface area contributed by atoms with Gasteiger partial charge >= 0.3 is 17.7 Å². The van der Waals surface area contributed by atoms with E-state index in [9.17, 15) is 31.9 Å². The fraction of sp³-hybridized carbons (Fsp3) is 0.343. The second kappa shape index (κ2) is 68.7. The summed E-state index contributed by atoms with van der Waals surface area (Å²) in [4.78, 5) is 74.5. The Hall–Kier alpha value is -4.05. The highest BCUT2D eigenvalue weighted by Gasteiger charge is 2.22. The van der Waals surface area contributed by atoms with Crippen molar-refractivity contribution in [1.29, 1.82) is 0 Å². The number of Topliss-reactive ketones (excluding diaryl/α,β-unsaturated/α-hetero) is 1. The van der Waals surface area contributed by atoms with Crippen molar-refractivity contribution in [2.75, 3.05) is 30.6 Å². The summed E-state index contributed by atoms with van der Waals surface area (Å²) >= 11 is 25.8. The predicted molar refractivity (Wildman–Crippen MR) is 256 cm³/mol. The molecule has 0 aliphatic carbocycles. The van der Waals surface area contributed by atoms with Crippen LogP contribution in [0, 0.1) is 0 Å². The van der Waals surface area contributed by atoms with Gasteiger partial charge in [-0.25, -0.2) is 63.6 Å². The maximum Gasteiger partial charge on any atom is 0.348 e. The first kappa shape index (κ1) is 75.3. The van der Waals surface area contributed by atoms with Crippen LogP contribution in [-0.2, 0) is 14.3 Å². The lowest BCUT2D eigenvalue weighted by Crippen LogP contribution is -2.25. The van der Waals surface area contributed by atoms with Crippen molar-refractivity contribution < 1.29 is 36.7 Å². The summed E-state index contributed by atoms with van der Waals surface area (Å²) in [7, 11) is 1.50. The molecule has 5 rings (SSSR count). The molecule has 17 nitrogen and oxygen atoms in total. The van der Waals surface area contributed by atoms with Crippen LogP contribution >= 0.6 is 91.6 Å². The third-order valence-corrected chi connectivity index (χ3v) is 4.35. The minimum atomic E-state index is -2.11. The fourth-order valence-corrected chi connectivity index (χ4v) is 2.27. The number of ketones is 1. The smallest absolute Gasteiger partial charge is 0.348 e. The summed E-state index contributed by atoms with van der Waals surface area (Å²) in [6, 6.07) is 7.68. The van der Waals surface area contributed by atoms with E-state index in [0.717, 1.165) is 6.92 Å². The number of alkyl halides is 6. The largest absolute Gasteiger partial charge is 0.463 e. The number of aromatic amines is 1. The molecule has 0 aliphatic rings. The number of rotatable bonds is 3. The molecule has 0 aliphatic heterocycles.